The zero-order valence-electron chi connectivity index (χ0n) is 25.6. The van der Waals surface area contributed by atoms with Gasteiger partial charge in [0.15, 0.2) is 0 Å². The predicted octanol–water partition coefficient (Wildman–Crippen LogP) is 5.61. The Morgan fingerprint density at radius 2 is 1.72 bits per heavy atom. The van der Waals surface area contributed by atoms with E-state index in [1.54, 1.807) is 24.3 Å². The van der Waals surface area contributed by atoms with Gasteiger partial charge < -0.3 is 20.1 Å². The zero-order valence-corrected chi connectivity index (χ0v) is 25.6. The predicted molar refractivity (Wildman–Crippen MR) is 162 cm³/mol. The number of allylic oxidation sites excluding steroid dienone is 2. The van der Waals surface area contributed by atoms with E-state index in [1.807, 2.05) is 0 Å². The fraction of sp³-hybridized carbons (Fsp3) is 0.485. The number of hydrogen-bond donors (Lipinski definition) is 3. The van der Waals surface area contributed by atoms with Crippen LogP contribution in [0.4, 0.5) is 26.3 Å². The number of methoxy groups -OCH3 is 1. The number of aliphatic hydroxyl groups is 1. The van der Waals surface area contributed by atoms with Gasteiger partial charge in [-0.25, -0.2) is 0 Å². The zero-order chi connectivity index (χ0) is 33.3. The maximum atomic E-state index is 13.5. The highest BCUT2D eigenvalue weighted by Crippen LogP contribution is 2.36. The summed E-state index contributed by atoms with van der Waals surface area (Å²) in [6, 6.07) is 7.91. The summed E-state index contributed by atoms with van der Waals surface area (Å²) in [6.07, 6.45) is -0.623. The number of rotatable bonds is 13. The molecule has 1 unspecified atom stereocenters. The van der Waals surface area contributed by atoms with E-state index in [-0.39, 0.29) is 38.3 Å². The molecule has 3 N–H and O–H groups in total. The summed E-state index contributed by atoms with van der Waals surface area (Å²) < 4.78 is 86.4. The molecule has 0 radical (unpaired) electrons. The largest absolute Gasteiger partial charge is 0.496 e. The van der Waals surface area contributed by atoms with Crippen molar-refractivity contribution < 1.29 is 41.0 Å². The molecule has 1 fully saturated rings. The van der Waals surface area contributed by atoms with Crippen molar-refractivity contribution in [3.8, 4) is 5.75 Å². The first kappa shape index (κ1) is 35.5. The Labute approximate surface area is 264 Å². The van der Waals surface area contributed by atoms with Gasteiger partial charge in [-0.1, -0.05) is 36.4 Å². The SMILES string of the molecule is COc1ccccc1CCN(CNC(O)CNC1CCN(CC2=CCCC=C2)CC1)C(=O)c1cc(C(F)(F)F)cc(C(F)(F)F)c1. The molecule has 46 heavy (non-hydrogen) atoms. The van der Waals surface area contributed by atoms with Crippen molar-refractivity contribution >= 4 is 5.91 Å². The number of amides is 1. The number of piperidine rings is 1. The first-order valence-corrected chi connectivity index (χ1v) is 15.3. The number of nitrogens with zero attached hydrogens (tertiary/aromatic N) is 2. The van der Waals surface area contributed by atoms with Crippen LogP contribution in [0.2, 0.25) is 0 Å². The molecule has 2 aromatic rings. The quantitative estimate of drug-likeness (QED) is 0.193. The second-order valence-electron chi connectivity index (χ2n) is 11.5. The summed E-state index contributed by atoms with van der Waals surface area (Å²) in [5.41, 5.74) is -1.91. The van der Waals surface area contributed by atoms with Gasteiger partial charge in [0.25, 0.3) is 5.91 Å². The molecule has 252 valence electrons. The van der Waals surface area contributed by atoms with Crippen LogP contribution in [0.1, 0.15) is 52.7 Å². The summed E-state index contributed by atoms with van der Waals surface area (Å²) in [6.45, 7) is 2.43. The molecular formula is C33H40F6N4O3. The normalized spacial score (nSPS) is 17.1. The lowest BCUT2D eigenvalue weighted by Crippen LogP contribution is -2.50. The van der Waals surface area contributed by atoms with Gasteiger partial charge >= 0.3 is 12.4 Å². The molecule has 0 bridgehead atoms. The molecule has 2 aromatic carbocycles. The highest BCUT2D eigenvalue weighted by molar-refractivity contribution is 5.94. The number of likely N-dealkylation sites (tertiary alicyclic amines) is 1. The van der Waals surface area contributed by atoms with Crippen LogP contribution < -0.4 is 15.4 Å². The van der Waals surface area contributed by atoms with Gasteiger partial charge in [-0.3, -0.25) is 15.0 Å². The van der Waals surface area contributed by atoms with Crippen LogP contribution in [0.3, 0.4) is 0 Å². The Bertz CT molecular complexity index is 1340. The minimum atomic E-state index is -5.10. The fourth-order valence-corrected chi connectivity index (χ4v) is 5.58. The minimum absolute atomic E-state index is 0.0154. The average molecular weight is 655 g/mol. The number of aliphatic hydroxyl groups excluding tert-OH is 1. The Morgan fingerprint density at radius 1 is 1.04 bits per heavy atom. The van der Waals surface area contributed by atoms with Crippen LogP contribution in [0.5, 0.6) is 5.75 Å². The molecule has 0 spiro atoms. The monoisotopic (exact) mass is 654 g/mol. The van der Waals surface area contributed by atoms with E-state index < -0.39 is 41.2 Å². The van der Waals surface area contributed by atoms with E-state index in [9.17, 15) is 36.2 Å². The molecule has 0 saturated carbocycles. The molecule has 7 nitrogen and oxygen atoms in total. The second kappa shape index (κ2) is 15.9. The van der Waals surface area contributed by atoms with Gasteiger partial charge in [0.05, 0.1) is 24.9 Å². The van der Waals surface area contributed by atoms with E-state index >= 15 is 0 Å². The highest BCUT2D eigenvalue weighted by Gasteiger charge is 2.38. The molecule has 1 aliphatic heterocycles. The third kappa shape index (κ3) is 10.3. The lowest BCUT2D eigenvalue weighted by Gasteiger charge is -2.33. The number of carbonyl (C=O) groups excluding carboxylic acids is 1. The van der Waals surface area contributed by atoms with Crippen molar-refractivity contribution in [3.05, 3.63) is 88.5 Å². The van der Waals surface area contributed by atoms with E-state index in [0.29, 0.717) is 23.4 Å². The number of halogens is 6. The Morgan fingerprint density at radius 3 is 2.33 bits per heavy atom. The second-order valence-corrected chi connectivity index (χ2v) is 11.5. The lowest BCUT2D eigenvalue weighted by atomic mass is 10.0. The number of carbonyl (C=O) groups is 1. The molecule has 2 aliphatic rings. The van der Waals surface area contributed by atoms with E-state index in [0.717, 1.165) is 50.2 Å². The van der Waals surface area contributed by atoms with Crippen molar-refractivity contribution in [1.82, 2.24) is 20.4 Å². The summed E-state index contributed by atoms with van der Waals surface area (Å²) in [4.78, 5) is 16.9. The number of benzene rings is 2. The van der Waals surface area contributed by atoms with Gasteiger partial charge in [-0.05, 0) is 80.6 Å². The maximum absolute atomic E-state index is 13.5. The standard InChI is InChI=1S/C33H40F6N4O3/c1-46-29-10-6-5-9-24(29)11-16-43(31(45)25-17-26(32(34,35)36)19-27(18-25)33(37,38)39)22-41-30(44)20-40-28-12-14-42(15-13-28)21-23-7-3-2-4-8-23/h3,5-10,17-19,28,30,40-41,44H,2,4,11-16,20-22H2,1H3. The van der Waals surface area contributed by atoms with Crippen LogP contribution in [0.15, 0.2) is 66.3 Å². The van der Waals surface area contributed by atoms with Gasteiger partial charge in [0.2, 0.25) is 0 Å². The maximum Gasteiger partial charge on any atom is 0.416 e. The molecule has 4 rings (SSSR count). The van der Waals surface area contributed by atoms with E-state index in [4.69, 9.17) is 4.74 Å². The minimum Gasteiger partial charge on any atom is -0.496 e. The molecule has 0 aromatic heterocycles. The summed E-state index contributed by atoms with van der Waals surface area (Å²) in [5.74, 6) is -0.530. The number of alkyl halides is 6. The average Bonchev–Trinajstić information content (AvgIpc) is 3.03. The number of para-hydroxylation sites is 1. The molecular weight excluding hydrogens is 614 g/mol. The topological polar surface area (TPSA) is 77.1 Å². The first-order valence-electron chi connectivity index (χ1n) is 15.3. The van der Waals surface area contributed by atoms with Crippen molar-refractivity contribution in [3.63, 3.8) is 0 Å². The molecule has 1 saturated heterocycles. The lowest BCUT2D eigenvalue weighted by molar-refractivity contribution is -0.143. The molecule has 1 heterocycles. The van der Waals surface area contributed by atoms with Crippen molar-refractivity contribution in [1.29, 1.82) is 0 Å². The number of hydrogen-bond acceptors (Lipinski definition) is 6. The molecule has 1 amide bonds. The van der Waals surface area contributed by atoms with Crippen molar-refractivity contribution in [2.75, 3.05) is 46.5 Å². The van der Waals surface area contributed by atoms with E-state index in [2.05, 4.69) is 33.8 Å². The summed E-state index contributed by atoms with van der Waals surface area (Å²) in [7, 11) is 1.46. The molecule has 13 heteroatoms. The summed E-state index contributed by atoms with van der Waals surface area (Å²) in [5, 5.41) is 16.8. The Hall–Kier alpha value is -3.39. The Balaban J connectivity index is 1.40. The number of ether oxygens (including phenoxy) is 1. The third-order valence-electron chi connectivity index (χ3n) is 8.15. The Kier molecular flexibility index (Phi) is 12.3. The molecule has 1 atom stereocenters. The van der Waals surface area contributed by atoms with Crippen molar-refractivity contribution in [2.24, 2.45) is 0 Å². The van der Waals surface area contributed by atoms with Crippen LogP contribution in [-0.4, -0.2) is 79.6 Å². The van der Waals surface area contributed by atoms with Gasteiger partial charge in [0.1, 0.15) is 12.0 Å². The highest BCUT2D eigenvalue weighted by atomic mass is 19.4. The smallest absolute Gasteiger partial charge is 0.416 e. The van der Waals surface area contributed by atoms with Gasteiger partial charge in [-0.15, -0.1) is 0 Å². The third-order valence-corrected chi connectivity index (χ3v) is 8.15. The van der Waals surface area contributed by atoms with Crippen molar-refractivity contribution in [2.45, 2.75) is 56.7 Å². The van der Waals surface area contributed by atoms with Gasteiger partial charge in [0, 0.05) is 31.2 Å². The van der Waals surface area contributed by atoms with Crippen LogP contribution in [-0.2, 0) is 18.8 Å². The van der Waals surface area contributed by atoms with Crippen LogP contribution >= 0.6 is 0 Å². The number of nitrogens with one attached hydrogen (secondary N) is 2. The van der Waals surface area contributed by atoms with Gasteiger partial charge in [-0.2, -0.15) is 26.3 Å². The van der Waals surface area contributed by atoms with E-state index in [1.165, 1.54) is 12.7 Å². The summed E-state index contributed by atoms with van der Waals surface area (Å²) >= 11 is 0. The molecule has 1 aliphatic carbocycles. The first-order chi connectivity index (χ1) is 21.8. The fourth-order valence-electron chi connectivity index (χ4n) is 5.58. The van der Waals surface area contributed by atoms with Crippen LogP contribution in [0, 0.1) is 0 Å². The van der Waals surface area contributed by atoms with Crippen LogP contribution in [0.25, 0.3) is 0 Å².